The first-order chi connectivity index (χ1) is 9.09. The predicted octanol–water partition coefficient (Wildman–Crippen LogP) is 0.490. The Morgan fingerprint density at radius 3 is 2.63 bits per heavy atom. The first-order valence-electron chi connectivity index (χ1n) is 7.37. The molecule has 2 fully saturated rings. The van der Waals surface area contributed by atoms with Gasteiger partial charge >= 0.3 is 0 Å². The van der Waals surface area contributed by atoms with Gasteiger partial charge in [-0.05, 0) is 44.2 Å². The maximum absolute atomic E-state index is 12.5. The smallest absolute Gasteiger partial charge is 0.237 e. The van der Waals surface area contributed by atoms with Crippen molar-refractivity contribution >= 4 is 11.8 Å². The third-order valence-corrected chi connectivity index (χ3v) is 4.53. The molecule has 0 radical (unpaired) electrons. The Bertz CT molecular complexity index is 351. The number of carbonyl (C=O) groups excluding carboxylic acids is 2. The van der Waals surface area contributed by atoms with E-state index in [-0.39, 0.29) is 23.8 Å². The Balaban J connectivity index is 1.93. The van der Waals surface area contributed by atoms with Gasteiger partial charge in [0, 0.05) is 12.5 Å². The number of piperidine rings is 1. The summed E-state index contributed by atoms with van der Waals surface area (Å²) >= 11 is 0. The number of nitrogens with zero attached hydrogens (tertiary/aromatic N) is 1. The van der Waals surface area contributed by atoms with Gasteiger partial charge in [-0.1, -0.05) is 13.3 Å². The molecule has 0 aromatic heterocycles. The molecule has 19 heavy (non-hydrogen) atoms. The molecule has 2 amide bonds. The van der Waals surface area contributed by atoms with Gasteiger partial charge in [0.25, 0.3) is 0 Å². The van der Waals surface area contributed by atoms with Crippen LogP contribution >= 0.6 is 0 Å². The van der Waals surface area contributed by atoms with E-state index in [9.17, 15) is 9.59 Å². The van der Waals surface area contributed by atoms with E-state index >= 15 is 0 Å². The molecule has 1 unspecified atom stereocenters. The van der Waals surface area contributed by atoms with E-state index in [1.807, 2.05) is 0 Å². The Hall–Kier alpha value is -1.10. The molecular formula is C14H25N3O2. The summed E-state index contributed by atoms with van der Waals surface area (Å²) in [5, 5.41) is 3.34. The molecule has 0 aromatic carbocycles. The maximum atomic E-state index is 12.5. The van der Waals surface area contributed by atoms with Crippen molar-refractivity contribution in [3.05, 3.63) is 0 Å². The van der Waals surface area contributed by atoms with Crippen molar-refractivity contribution in [1.29, 1.82) is 0 Å². The number of unbranched alkanes of at least 4 members (excludes halogenated alkanes) is 1. The lowest BCUT2D eigenvalue weighted by atomic mass is 9.91. The first-order valence-corrected chi connectivity index (χ1v) is 7.37. The number of hydrogen-bond donors (Lipinski definition) is 2. The van der Waals surface area contributed by atoms with Crippen LogP contribution in [0, 0.1) is 11.3 Å². The van der Waals surface area contributed by atoms with E-state index < -0.39 is 5.91 Å². The number of nitrogens with two attached hydrogens (primary N) is 1. The van der Waals surface area contributed by atoms with Crippen LogP contribution in [0.4, 0.5) is 0 Å². The summed E-state index contributed by atoms with van der Waals surface area (Å²) in [4.78, 5) is 25.3. The third kappa shape index (κ3) is 3.26. The fraction of sp³-hybridized carbons (Fsp3) is 0.857. The molecule has 2 aliphatic rings. The number of rotatable bonds is 6. The molecule has 1 atom stereocenters. The van der Waals surface area contributed by atoms with E-state index in [0.29, 0.717) is 6.54 Å². The second-order valence-electron chi connectivity index (χ2n) is 5.95. The quantitative estimate of drug-likeness (QED) is 0.735. The molecule has 1 spiro atoms. The summed E-state index contributed by atoms with van der Waals surface area (Å²) in [7, 11) is 0. The molecule has 0 aromatic rings. The summed E-state index contributed by atoms with van der Waals surface area (Å²) in [5.41, 5.74) is 5.48. The summed E-state index contributed by atoms with van der Waals surface area (Å²) in [6.45, 7) is 4.83. The Labute approximate surface area is 114 Å². The summed E-state index contributed by atoms with van der Waals surface area (Å²) in [6.07, 6.45) is 5.11. The highest BCUT2D eigenvalue weighted by atomic mass is 16.2. The Morgan fingerprint density at radius 1 is 1.37 bits per heavy atom. The van der Waals surface area contributed by atoms with Gasteiger partial charge in [-0.25, -0.2) is 0 Å². The fourth-order valence-corrected chi connectivity index (χ4v) is 3.20. The van der Waals surface area contributed by atoms with Crippen LogP contribution in [-0.4, -0.2) is 42.9 Å². The molecule has 1 heterocycles. The van der Waals surface area contributed by atoms with Gasteiger partial charge < -0.3 is 16.0 Å². The van der Waals surface area contributed by atoms with E-state index in [0.717, 1.165) is 45.2 Å². The molecule has 5 heteroatoms. The lowest BCUT2D eigenvalue weighted by Crippen LogP contribution is -2.41. The highest BCUT2D eigenvalue weighted by molar-refractivity contribution is 5.87. The Morgan fingerprint density at radius 2 is 2.05 bits per heavy atom. The lowest BCUT2D eigenvalue weighted by Gasteiger charge is -2.26. The van der Waals surface area contributed by atoms with Gasteiger partial charge in [-0.2, -0.15) is 0 Å². The fourth-order valence-electron chi connectivity index (χ4n) is 3.20. The normalized spacial score (nSPS) is 24.2. The minimum atomic E-state index is -0.413. The van der Waals surface area contributed by atoms with Crippen LogP contribution < -0.4 is 11.1 Å². The van der Waals surface area contributed by atoms with Gasteiger partial charge in [0.15, 0.2) is 0 Å². The molecule has 1 aliphatic heterocycles. The molecule has 0 bridgehead atoms. The van der Waals surface area contributed by atoms with Crippen LogP contribution in [0.5, 0.6) is 0 Å². The first kappa shape index (κ1) is 14.3. The van der Waals surface area contributed by atoms with Gasteiger partial charge in [0.2, 0.25) is 11.8 Å². The Kier molecular flexibility index (Phi) is 4.45. The number of carbonyl (C=O) groups is 2. The number of nitrogens with one attached hydrogen (secondary N) is 1. The summed E-state index contributed by atoms with van der Waals surface area (Å²) < 4.78 is 0. The summed E-state index contributed by atoms with van der Waals surface area (Å²) in [5.74, 6) is -0.135. The zero-order valence-corrected chi connectivity index (χ0v) is 11.8. The van der Waals surface area contributed by atoms with E-state index in [1.165, 1.54) is 0 Å². The molecule has 1 saturated heterocycles. The molecule has 108 valence electrons. The maximum Gasteiger partial charge on any atom is 0.237 e. The largest absolute Gasteiger partial charge is 0.368 e. The average Bonchev–Trinajstić information content (AvgIpc) is 3.07. The standard InChI is InChI=1S/C14H25N3O2/c1-2-3-8-17(10-12(15)18)13(19)11-9-14(11)4-6-16-7-5-14/h11,16H,2-10H2,1H3,(H2,15,18). The molecule has 3 N–H and O–H groups in total. The monoisotopic (exact) mass is 267 g/mol. The van der Waals surface area contributed by atoms with Crippen LogP contribution in [-0.2, 0) is 9.59 Å². The predicted molar refractivity (Wildman–Crippen MR) is 73.3 cm³/mol. The van der Waals surface area contributed by atoms with Crippen molar-refractivity contribution in [2.45, 2.75) is 39.0 Å². The van der Waals surface area contributed by atoms with Crippen molar-refractivity contribution in [2.24, 2.45) is 17.1 Å². The topological polar surface area (TPSA) is 75.4 Å². The van der Waals surface area contributed by atoms with Crippen molar-refractivity contribution in [1.82, 2.24) is 10.2 Å². The van der Waals surface area contributed by atoms with Crippen LogP contribution in [0.15, 0.2) is 0 Å². The zero-order valence-electron chi connectivity index (χ0n) is 11.8. The third-order valence-electron chi connectivity index (χ3n) is 4.53. The van der Waals surface area contributed by atoms with Gasteiger partial charge in [-0.15, -0.1) is 0 Å². The zero-order chi connectivity index (χ0) is 13.9. The minimum Gasteiger partial charge on any atom is -0.368 e. The van der Waals surface area contributed by atoms with Crippen molar-refractivity contribution in [3.63, 3.8) is 0 Å². The number of hydrogen-bond acceptors (Lipinski definition) is 3. The second-order valence-corrected chi connectivity index (χ2v) is 5.95. The lowest BCUT2D eigenvalue weighted by molar-refractivity contribution is -0.137. The summed E-state index contributed by atoms with van der Waals surface area (Å²) in [6, 6.07) is 0. The van der Waals surface area contributed by atoms with Crippen molar-refractivity contribution in [2.75, 3.05) is 26.2 Å². The van der Waals surface area contributed by atoms with E-state index in [4.69, 9.17) is 5.73 Å². The van der Waals surface area contributed by atoms with Crippen LogP contribution in [0.1, 0.15) is 39.0 Å². The van der Waals surface area contributed by atoms with Crippen LogP contribution in [0.2, 0.25) is 0 Å². The highest BCUT2D eigenvalue weighted by Crippen LogP contribution is 2.59. The van der Waals surface area contributed by atoms with Gasteiger partial charge in [-0.3, -0.25) is 9.59 Å². The SMILES string of the molecule is CCCCN(CC(N)=O)C(=O)C1CC12CCNCC2. The molecule has 5 nitrogen and oxygen atoms in total. The van der Waals surface area contributed by atoms with Crippen LogP contribution in [0.25, 0.3) is 0 Å². The average molecular weight is 267 g/mol. The van der Waals surface area contributed by atoms with Crippen molar-refractivity contribution < 1.29 is 9.59 Å². The molecular weight excluding hydrogens is 242 g/mol. The number of amides is 2. The highest BCUT2D eigenvalue weighted by Gasteiger charge is 2.58. The van der Waals surface area contributed by atoms with E-state index in [2.05, 4.69) is 12.2 Å². The molecule has 1 aliphatic carbocycles. The second kappa shape index (κ2) is 5.90. The number of primary amides is 1. The molecule has 2 rings (SSSR count). The molecule has 1 saturated carbocycles. The van der Waals surface area contributed by atoms with Crippen LogP contribution in [0.3, 0.4) is 0 Å². The van der Waals surface area contributed by atoms with Gasteiger partial charge in [0.1, 0.15) is 0 Å². The van der Waals surface area contributed by atoms with Gasteiger partial charge in [0.05, 0.1) is 6.54 Å². The van der Waals surface area contributed by atoms with Crippen molar-refractivity contribution in [3.8, 4) is 0 Å². The van der Waals surface area contributed by atoms with E-state index in [1.54, 1.807) is 4.90 Å². The minimum absolute atomic E-state index is 0.0731.